The lowest BCUT2D eigenvalue weighted by molar-refractivity contribution is -0.274. The molecule has 0 aliphatic carbocycles. The van der Waals surface area contributed by atoms with Gasteiger partial charge in [-0.25, -0.2) is 0 Å². The molecule has 2 heterocycles. The number of nitrogens with one attached hydrogen (secondary N) is 1. The van der Waals surface area contributed by atoms with Crippen LogP contribution in [0.2, 0.25) is 0 Å². The summed E-state index contributed by atoms with van der Waals surface area (Å²) in [5, 5.41) is 2.69. The van der Waals surface area contributed by atoms with Gasteiger partial charge in [-0.1, -0.05) is 0 Å². The Kier molecular flexibility index (Phi) is 4.92. The first-order valence-corrected chi connectivity index (χ1v) is 7.51. The van der Waals surface area contributed by atoms with Crippen LogP contribution < -0.4 is 10.1 Å². The number of amides is 1. The lowest BCUT2D eigenvalue weighted by atomic mass is 10.1. The van der Waals surface area contributed by atoms with E-state index in [9.17, 15) is 18.0 Å². The van der Waals surface area contributed by atoms with Gasteiger partial charge in [0.25, 0.3) is 5.91 Å². The van der Waals surface area contributed by atoms with E-state index in [1.807, 2.05) is 6.07 Å². The van der Waals surface area contributed by atoms with Crippen LogP contribution in [0.4, 0.5) is 13.2 Å². The van der Waals surface area contributed by atoms with Crippen molar-refractivity contribution >= 4 is 5.91 Å². The molecular weight excluding hydrogens is 349 g/mol. The van der Waals surface area contributed by atoms with Gasteiger partial charge in [-0.05, 0) is 42.0 Å². The van der Waals surface area contributed by atoms with Gasteiger partial charge >= 0.3 is 6.36 Å². The van der Waals surface area contributed by atoms with E-state index in [-0.39, 0.29) is 17.9 Å². The SMILES string of the molecule is O=C(NCc1cncc(-c2ccoc2)c1)c1ccc(OC(F)(F)F)cc1. The van der Waals surface area contributed by atoms with Crippen LogP contribution in [-0.2, 0) is 6.54 Å². The van der Waals surface area contributed by atoms with Crippen molar-refractivity contribution in [3.63, 3.8) is 0 Å². The average Bonchev–Trinajstić information content (AvgIpc) is 3.14. The van der Waals surface area contributed by atoms with Crippen LogP contribution >= 0.6 is 0 Å². The molecule has 3 aromatic rings. The average molecular weight is 362 g/mol. The Bertz CT molecular complexity index is 875. The number of hydrogen-bond donors (Lipinski definition) is 1. The Hall–Kier alpha value is -3.29. The maximum absolute atomic E-state index is 12.1. The van der Waals surface area contributed by atoms with Gasteiger partial charge in [0, 0.05) is 35.6 Å². The number of furan rings is 1. The summed E-state index contributed by atoms with van der Waals surface area (Å²) in [6.45, 7) is 0.221. The molecule has 1 N–H and O–H groups in total. The minimum Gasteiger partial charge on any atom is -0.472 e. The number of pyridine rings is 1. The number of hydrogen-bond acceptors (Lipinski definition) is 4. The first-order chi connectivity index (χ1) is 12.4. The van der Waals surface area contributed by atoms with Crippen molar-refractivity contribution in [2.75, 3.05) is 0 Å². The predicted octanol–water partition coefficient (Wildman–Crippen LogP) is 4.17. The van der Waals surface area contributed by atoms with Crippen LogP contribution in [0.25, 0.3) is 11.1 Å². The monoisotopic (exact) mass is 362 g/mol. The number of halogens is 3. The van der Waals surface area contributed by atoms with Crippen LogP contribution in [0.5, 0.6) is 5.75 Å². The van der Waals surface area contributed by atoms with Gasteiger partial charge < -0.3 is 14.5 Å². The number of carbonyl (C=O) groups excluding carboxylic acids is 1. The fourth-order valence-corrected chi connectivity index (χ4v) is 2.26. The quantitative estimate of drug-likeness (QED) is 0.740. The zero-order chi connectivity index (χ0) is 18.6. The highest BCUT2D eigenvalue weighted by Gasteiger charge is 2.31. The zero-order valence-electron chi connectivity index (χ0n) is 13.3. The number of ether oxygens (including phenoxy) is 1. The topological polar surface area (TPSA) is 64.4 Å². The molecule has 0 atom stereocenters. The van der Waals surface area contributed by atoms with E-state index in [0.29, 0.717) is 0 Å². The summed E-state index contributed by atoms with van der Waals surface area (Å²) in [6, 6.07) is 8.35. The third-order valence-corrected chi connectivity index (χ3v) is 3.45. The standard InChI is InChI=1S/C18H13F3N2O3/c19-18(20,21)26-16-3-1-13(2-4-16)17(24)23-9-12-7-15(10-22-8-12)14-5-6-25-11-14/h1-8,10-11H,9H2,(H,23,24). The summed E-state index contributed by atoms with van der Waals surface area (Å²) in [5.74, 6) is -0.802. The Labute approximate surface area is 146 Å². The third kappa shape index (κ3) is 4.62. The van der Waals surface area contributed by atoms with E-state index in [1.54, 1.807) is 31.0 Å². The number of benzene rings is 1. The number of nitrogens with zero attached hydrogens (tertiary/aromatic N) is 1. The molecule has 1 amide bonds. The second-order valence-electron chi connectivity index (χ2n) is 5.35. The lowest BCUT2D eigenvalue weighted by Gasteiger charge is -2.10. The van der Waals surface area contributed by atoms with Crippen molar-refractivity contribution in [2.45, 2.75) is 12.9 Å². The zero-order valence-corrected chi connectivity index (χ0v) is 13.3. The van der Waals surface area contributed by atoms with E-state index < -0.39 is 12.3 Å². The molecule has 0 unspecified atom stereocenters. The normalized spacial score (nSPS) is 11.2. The van der Waals surface area contributed by atoms with Gasteiger partial charge in [-0.3, -0.25) is 9.78 Å². The second kappa shape index (κ2) is 7.30. The van der Waals surface area contributed by atoms with Gasteiger partial charge in [0.2, 0.25) is 0 Å². The molecule has 0 fully saturated rings. The molecule has 0 saturated carbocycles. The van der Waals surface area contributed by atoms with Gasteiger partial charge in [-0.2, -0.15) is 0 Å². The Morgan fingerprint density at radius 3 is 2.54 bits per heavy atom. The van der Waals surface area contributed by atoms with Crippen molar-refractivity contribution < 1.29 is 27.1 Å². The highest BCUT2D eigenvalue weighted by Crippen LogP contribution is 2.23. The number of aromatic nitrogens is 1. The third-order valence-electron chi connectivity index (χ3n) is 3.45. The van der Waals surface area contributed by atoms with Crippen molar-refractivity contribution in [1.29, 1.82) is 0 Å². The highest BCUT2D eigenvalue weighted by atomic mass is 19.4. The summed E-state index contributed by atoms with van der Waals surface area (Å²) >= 11 is 0. The minimum absolute atomic E-state index is 0.221. The summed E-state index contributed by atoms with van der Waals surface area (Å²) in [5.41, 5.74) is 2.71. The minimum atomic E-state index is -4.77. The maximum Gasteiger partial charge on any atom is 0.573 e. The molecule has 3 rings (SSSR count). The fourth-order valence-electron chi connectivity index (χ4n) is 2.26. The molecular formula is C18H13F3N2O3. The first kappa shape index (κ1) is 17.5. The van der Waals surface area contributed by atoms with Crippen LogP contribution in [0.15, 0.2) is 65.7 Å². The van der Waals surface area contributed by atoms with Gasteiger partial charge in [0.05, 0.1) is 12.5 Å². The van der Waals surface area contributed by atoms with Crippen LogP contribution in [0.1, 0.15) is 15.9 Å². The van der Waals surface area contributed by atoms with Crippen molar-refractivity contribution in [2.24, 2.45) is 0 Å². The lowest BCUT2D eigenvalue weighted by Crippen LogP contribution is -2.23. The Morgan fingerprint density at radius 1 is 1.12 bits per heavy atom. The molecule has 134 valence electrons. The molecule has 2 aromatic heterocycles. The van der Waals surface area contributed by atoms with Crippen LogP contribution in [-0.4, -0.2) is 17.3 Å². The van der Waals surface area contributed by atoms with E-state index in [4.69, 9.17) is 4.42 Å². The molecule has 0 saturated heterocycles. The maximum atomic E-state index is 12.1. The molecule has 0 aliphatic heterocycles. The second-order valence-corrected chi connectivity index (χ2v) is 5.35. The van der Waals surface area contributed by atoms with Crippen molar-refractivity contribution in [3.05, 3.63) is 72.4 Å². The molecule has 5 nitrogen and oxygen atoms in total. The largest absolute Gasteiger partial charge is 0.573 e. The van der Waals surface area contributed by atoms with E-state index in [2.05, 4.69) is 15.0 Å². The molecule has 0 bridgehead atoms. The number of rotatable bonds is 5. The van der Waals surface area contributed by atoms with Crippen LogP contribution in [0, 0.1) is 0 Å². The van der Waals surface area contributed by atoms with E-state index in [0.717, 1.165) is 28.8 Å². The molecule has 0 aliphatic rings. The van der Waals surface area contributed by atoms with Gasteiger partial charge in [0.1, 0.15) is 5.75 Å². The highest BCUT2D eigenvalue weighted by molar-refractivity contribution is 5.94. The van der Waals surface area contributed by atoms with Crippen LogP contribution in [0.3, 0.4) is 0 Å². The van der Waals surface area contributed by atoms with Gasteiger partial charge in [0.15, 0.2) is 0 Å². The first-order valence-electron chi connectivity index (χ1n) is 7.51. The molecule has 26 heavy (non-hydrogen) atoms. The summed E-state index contributed by atoms with van der Waals surface area (Å²) in [7, 11) is 0. The molecule has 0 spiro atoms. The smallest absolute Gasteiger partial charge is 0.472 e. The Balaban J connectivity index is 1.61. The Morgan fingerprint density at radius 2 is 1.88 bits per heavy atom. The summed E-state index contributed by atoms with van der Waals surface area (Å²) < 4.78 is 45.2. The molecule has 0 radical (unpaired) electrons. The number of carbonyl (C=O) groups is 1. The molecule has 8 heteroatoms. The van der Waals surface area contributed by atoms with E-state index in [1.165, 1.54) is 12.1 Å². The fraction of sp³-hybridized carbons (Fsp3) is 0.111. The molecule has 1 aromatic carbocycles. The number of alkyl halides is 3. The van der Waals surface area contributed by atoms with Crippen molar-refractivity contribution in [1.82, 2.24) is 10.3 Å². The summed E-state index contributed by atoms with van der Waals surface area (Å²) in [6.07, 6.45) is 1.66. The van der Waals surface area contributed by atoms with Gasteiger partial charge in [-0.15, -0.1) is 13.2 Å². The predicted molar refractivity (Wildman–Crippen MR) is 86.2 cm³/mol. The van der Waals surface area contributed by atoms with Crippen molar-refractivity contribution in [3.8, 4) is 16.9 Å². The van der Waals surface area contributed by atoms with E-state index >= 15 is 0 Å². The summed E-state index contributed by atoms with van der Waals surface area (Å²) in [4.78, 5) is 16.2.